The predicted molar refractivity (Wildman–Crippen MR) is 74.7 cm³/mol. The van der Waals surface area contributed by atoms with E-state index in [1.54, 1.807) is 12.1 Å². The van der Waals surface area contributed by atoms with Gasteiger partial charge >= 0.3 is 0 Å². The first-order valence-electron chi connectivity index (χ1n) is 6.37. The van der Waals surface area contributed by atoms with Gasteiger partial charge in [0.25, 0.3) is 0 Å². The highest BCUT2D eigenvalue weighted by atomic mass is 32.2. The molecule has 0 saturated heterocycles. The predicted octanol–water partition coefficient (Wildman–Crippen LogP) is 2.03. The lowest BCUT2D eigenvalue weighted by Gasteiger charge is -2.11. The van der Waals surface area contributed by atoms with Gasteiger partial charge in [0.2, 0.25) is 0 Å². The fourth-order valence-electron chi connectivity index (χ4n) is 2.08. The summed E-state index contributed by atoms with van der Waals surface area (Å²) in [4.78, 5) is 24.8. The number of carbonyl (C=O) groups is 2. The molecule has 2 rings (SSSR count). The highest BCUT2D eigenvalue weighted by Crippen LogP contribution is 2.33. The lowest BCUT2D eigenvalue weighted by Crippen LogP contribution is -2.24. The molecule has 1 aliphatic carbocycles. The van der Waals surface area contributed by atoms with Gasteiger partial charge in [-0.2, -0.15) is 5.26 Å². The van der Waals surface area contributed by atoms with Crippen molar-refractivity contribution in [2.75, 3.05) is 6.26 Å². The minimum atomic E-state index is -1.23. The molecule has 20 heavy (non-hydrogen) atoms. The number of Topliss-reactive ketones (excluding diaryl/α,β-unsaturated/α-hetero) is 2. The minimum absolute atomic E-state index is 0.131. The molecule has 0 amide bonds. The molecular weight excluding hydrogens is 274 g/mol. The summed E-state index contributed by atoms with van der Waals surface area (Å²) < 4.78 is 11.6. The molecule has 0 aliphatic heterocycles. The van der Waals surface area contributed by atoms with Crippen molar-refractivity contribution in [2.24, 2.45) is 11.8 Å². The zero-order valence-corrected chi connectivity index (χ0v) is 12.2. The first-order chi connectivity index (χ1) is 9.45. The number of nitrogens with zero attached hydrogens (tertiary/aromatic N) is 1. The Morgan fingerprint density at radius 2 is 2.10 bits per heavy atom. The SMILES string of the molecule is Cc1ccc(C(=O)C(C#N)C(=O)C2CC2)cc1[S+](C)[O-]. The zero-order chi connectivity index (χ0) is 14.9. The Morgan fingerprint density at radius 1 is 1.45 bits per heavy atom. The molecule has 1 aromatic rings. The van der Waals surface area contributed by atoms with Gasteiger partial charge in [-0.1, -0.05) is 12.1 Å². The standard InChI is InChI=1S/C15H15NO3S/c1-9-3-4-11(7-13(9)20(2)19)15(18)12(8-16)14(17)10-5-6-10/h3-4,7,10,12H,5-6H2,1-2H3. The van der Waals surface area contributed by atoms with Crippen LogP contribution < -0.4 is 0 Å². The normalized spacial score (nSPS) is 17.1. The molecule has 0 heterocycles. The second-order valence-corrected chi connectivity index (χ2v) is 6.39. The first kappa shape index (κ1) is 14.8. The number of carbonyl (C=O) groups excluding carboxylic acids is 2. The van der Waals surface area contributed by atoms with Crippen LogP contribution in [0.15, 0.2) is 23.1 Å². The fraction of sp³-hybridized carbons (Fsp3) is 0.400. The topological polar surface area (TPSA) is 81.0 Å². The molecule has 2 unspecified atom stereocenters. The molecule has 0 N–H and O–H groups in total. The van der Waals surface area contributed by atoms with Crippen LogP contribution in [0.3, 0.4) is 0 Å². The lowest BCUT2D eigenvalue weighted by molar-refractivity contribution is -0.121. The Labute approximate surface area is 121 Å². The van der Waals surface area contributed by atoms with Crippen LogP contribution in [-0.2, 0) is 16.0 Å². The summed E-state index contributed by atoms with van der Waals surface area (Å²) in [5.74, 6) is -2.13. The van der Waals surface area contributed by atoms with E-state index in [0.717, 1.165) is 18.4 Å². The third-order valence-corrected chi connectivity index (χ3v) is 4.50. The van der Waals surface area contributed by atoms with Gasteiger partial charge in [0, 0.05) is 23.1 Å². The van der Waals surface area contributed by atoms with Crippen LogP contribution in [0.4, 0.5) is 0 Å². The first-order valence-corrected chi connectivity index (χ1v) is 7.93. The van der Waals surface area contributed by atoms with E-state index >= 15 is 0 Å². The Balaban J connectivity index is 2.30. The van der Waals surface area contributed by atoms with Crippen molar-refractivity contribution in [3.05, 3.63) is 29.3 Å². The van der Waals surface area contributed by atoms with Crippen molar-refractivity contribution < 1.29 is 14.1 Å². The van der Waals surface area contributed by atoms with Gasteiger partial charge in [0.05, 0.1) is 6.07 Å². The van der Waals surface area contributed by atoms with Gasteiger partial charge in [-0.25, -0.2) is 0 Å². The largest absolute Gasteiger partial charge is 0.612 e. The second kappa shape index (κ2) is 5.78. The number of nitriles is 1. The number of benzene rings is 1. The maximum absolute atomic E-state index is 12.3. The van der Waals surface area contributed by atoms with Gasteiger partial charge in [-0.3, -0.25) is 9.59 Å². The molecule has 104 valence electrons. The average molecular weight is 289 g/mol. The summed E-state index contributed by atoms with van der Waals surface area (Å²) in [7, 11) is 0. The molecule has 0 bridgehead atoms. The quantitative estimate of drug-likeness (QED) is 0.472. The van der Waals surface area contributed by atoms with Crippen molar-refractivity contribution in [1.82, 2.24) is 0 Å². The van der Waals surface area contributed by atoms with Crippen LogP contribution in [0.25, 0.3) is 0 Å². The highest BCUT2D eigenvalue weighted by Gasteiger charge is 2.38. The van der Waals surface area contributed by atoms with E-state index < -0.39 is 22.9 Å². The molecule has 0 aromatic heterocycles. The van der Waals surface area contributed by atoms with E-state index in [-0.39, 0.29) is 17.3 Å². The smallest absolute Gasteiger partial charge is 0.187 e. The summed E-state index contributed by atoms with van der Waals surface area (Å²) in [6.07, 6.45) is 3.07. The van der Waals surface area contributed by atoms with Gasteiger partial charge in [0.1, 0.15) is 6.26 Å². The maximum atomic E-state index is 12.3. The summed E-state index contributed by atoms with van der Waals surface area (Å²) in [5, 5.41) is 9.09. The molecule has 5 heteroatoms. The van der Waals surface area contributed by atoms with Crippen molar-refractivity contribution in [3.8, 4) is 6.07 Å². The Kier molecular flexibility index (Phi) is 4.26. The maximum Gasteiger partial charge on any atom is 0.187 e. The zero-order valence-electron chi connectivity index (χ0n) is 11.4. The average Bonchev–Trinajstić information content (AvgIpc) is 3.23. The number of hydrogen-bond donors (Lipinski definition) is 0. The van der Waals surface area contributed by atoms with Gasteiger partial charge in [0.15, 0.2) is 22.4 Å². The van der Waals surface area contributed by atoms with Gasteiger partial charge in [-0.05, 0) is 30.9 Å². The highest BCUT2D eigenvalue weighted by molar-refractivity contribution is 7.90. The van der Waals surface area contributed by atoms with Crippen molar-refractivity contribution in [3.63, 3.8) is 0 Å². The minimum Gasteiger partial charge on any atom is -0.612 e. The number of ketones is 2. The molecule has 4 nitrogen and oxygen atoms in total. The van der Waals surface area contributed by atoms with Crippen molar-refractivity contribution >= 4 is 22.7 Å². The van der Waals surface area contributed by atoms with Crippen LogP contribution in [0.2, 0.25) is 0 Å². The van der Waals surface area contributed by atoms with Crippen LogP contribution >= 0.6 is 0 Å². The van der Waals surface area contributed by atoms with E-state index in [1.165, 1.54) is 12.3 Å². The number of aryl methyl sites for hydroxylation is 1. The van der Waals surface area contributed by atoms with Crippen LogP contribution in [0.5, 0.6) is 0 Å². The van der Waals surface area contributed by atoms with E-state index in [1.807, 2.05) is 13.0 Å². The molecule has 1 aromatic carbocycles. The van der Waals surface area contributed by atoms with Crippen LogP contribution in [0, 0.1) is 30.1 Å². The van der Waals surface area contributed by atoms with Gasteiger partial charge in [-0.15, -0.1) is 0 Å². The van der Waals surface area contributed by atoms with E-state index in [4.69, 9.17) is 5.26 Å². The fourth-order valence-corrected chi connectivity index (χ4v) is 2.90. The van der Waals surface area contributed by atoms with Crippen LogP contribution in [-0.4, -0.2) is 22.4 Å². The van der Waals surface area contributed by atoms with Crippen molar-refractivity contribution in [2.45, 2.75) is 24.7 Å². The monoisotopic (exact) mass is 289 g/mol. The Morgan fingerprint density at radius 3 is 2.60 bits per heavy atom. The molecule has 2 atom stereocenters. The third kappa shape index (κ3) is 2.92. The molecule has 0 spiro atoms. The second-order valence-electron chi connectivity index (χ2n) is 5.04. The number of hydrogen-bond acceptors (Lipinski definition) is 4. The Hall–Kier alpha value is -1.64. The summed E-state index contributed by atoms with van der Waals surface area (Å²) in [6, 6.07) is 6.61. The molecule has 1 saturated carbocycles. The van der Waals surface area contributed by atoms with E-state index in [9.17, 15) is 14.1 Å². The lowest BCUT2D eigenvalue weighted by atomic mass is 9.92. The summed E-state index contributed by atoms with van der Waals surface area (Å²) in [6.45, 7) is 1.81. The van der Waals surface area contributed by atoms with E-state index in [2.05, 4.69) is 0 Å². The van der Waals surface area contributed by atoms with Gasteiger partial charge < -0.3 is 4.55 Å². The molecular formula is C15H15NO3S. The van der Waals surface area contributed by atoms with Crippen LogP contribution in [0.1, 0.15) is 28.8 Å². The Bertz CT molecular complexity index is 600. The third-order valence-electron chi connectivity index (χ3n) is 3.44. The summed E-state index contributed by atoms with van der Waals surface area (Å²) in [5.41, 5.74) is 1.10. The molecule has 1 fully saturated rings. The number of rotatable bonds is 5. The molecule has 1 aliphatic rings. The molecule has 0 radical (unpaired) electrons. The van der Waals surface area contributed by atoms with Crippen molar-refractivity contribution in [1.29, 1.82) is 5.26 Å². The summed E-state index contributed by atoms with van der Waals surface area (Å²) >= 11 is -1.21. The van der Waals surface area contributed by atoms with E-state index in [0.29, 0.717) is 4.90 Å².